The van der Waals surface area contributed by atoms with Gasteiger partial charge in [-0.1, -0.05) is 71.8 Å². The van der Waals surface area contributed by atoms with E-state index in [2.05, 4.69) is 15.1 Å². The van der Waals surface area contributed by atoms with Gasteiger partial charge < -0.3 is 24.2 Å². The minimum Gasteiger partial charge on any atom is -0.460 e. The zero-order valence-electron chi connectivity index (χ0n) is 24.2. The van der Waals surface area contributed by atoms with E-state index in [-0.39, 0.29) is 12.4 Å². The molecule has 2 heterocycles. The number of azide groups is 1. The quantitative estimate of drug-likeness (QED) is 0.0572. The number of esters is 1. The van der Waals surface area contributed by atoms with Crippen molar-refractivity contribution in [2.45, 2.75) is 43.7 Å². The zero-order chi connectivity index (χ0) is 32.9. The first-order valence-corrected chi connectivity index (χ1v) is 15.4. The van der Waals surface area contributed by atoms with Crippen molar-refractivity contribution >= 4 is 24.5 Å². The second-order valence-electron chi connectivity index (χ2n) is 10.3. The first-order valence-electron chi connectivity index (χ1n) is 13.9. The summed E-state index contributed by atoms with van der Waals surface area (Å²) in [6.07, 6.45) is -4.55. The Morgan fingerprint density at radius 1 is 1.13 bits per heavy atom. The molecule has 1 saturated heterocycles. The number of carbonyl (C=O) groups is 1. The zero-order valence-corrected chi connectivity index (χ0v) is 25.1. The van der Waals surface area contributed by atoms with E-state index in [1.165, 1.54) is 13.0 Å². The molecule has 0 bridgehead atoms. The lowest BCUT2D eigenvalue weighted by atomic mass is 10.1. The molecule has 1 aliphatic heterocycles. The molecule has 16 nitrogen and oxygen atoms in total. The Morgan fingerprint density at radius 2 is 1.85 bits per heavy atom. The number of hydrogen-bond acceptors (Lipinski definition) is 11. The van der Waals surface area contributed by atoms with Gasteiger partial charge in [0.1, 0.15) is 30.6 Å². The third kappa shape index (κ3) is 7.03. The number of benzene rings is 3. The molecule has 0 spiro atoms. The normalized spacial score (nSPS) is 22.8. The highest BCUT2D eigenvalue weighted by Crippen LogP contribution is 2.49. The lowest BCUT2D eigenvalue weighted by Gasteiger charge is -2.29. The topological polar surface area (TPSA) is 227 Å². The molecular formula is C29H29N6O10P. The highest BCUT2D eigenvalue weighted by atomic mass is 31.2. The molecule has 240 valence electrons. The largest absolute Gasteiger partial charge is 0.460 e. The van der Waals surface area contributed by atoms with Crippen molar-refractivity contribution in [2.24, 2.45) is 5.11 Å². The summed E-state index contributed by atoms with van der Waals surface area (Å²) < 4.78 is 37.7. The number of fused-ring (bicyclic) bond motifs is 1. The van der Waals surface area contributed by atoms with Crippen molar-refractivity contribution < 1.29 is 38.1 Å². The molecule has 0 unspecified atom stereocenters. The molecule has 6 atom stereocenters. The Kier molecular flexibility index (Phi) is 9.70. The van der Waals surface area contributed by atoms with Gasteiger partial charge >= 0.3 is 19.4 Å². The second-order valence-corrected chi connectivity index (χ2v) is 12.0. The Bertz CT molecular complexity index is 1930. The smallest absolute Gasteiger partial charge is 0.459 e. The van der Waals surface area contributed by atoms with Crippen LogP contribution in [0.25, 0.3) is 21.2 Å². The van der Waals surface area contributed by atoms with Crippen molar-refractivity contribution in [3.63, 3.8) is 0 Å². The summed E-state index contributed by atoms with van der Waals surface area (Å²) in [6, 6.07) is 20.6. The van der Waals surface area contributed by atoms with E-state index in [1.807, 2.05) is 11.1 Å². The van der Waals surface area contributed by atoms with Crippen molar-refractivity contribution in [1.82, 2.24) is 14.6 Å². The van der Waals surface area contributed by atoms with Crippen LogP contribution in [0.2, 0.25) is 0 Å². The van der Waals surface area contributed by atoms with Gasteiger partial charge in [0.2, 0.25) is 5.72 Å². The Labute approximate surface area is 260 Å². The molecule has 1 aromatic heterocycles. The first-order chi connectivity index (χ1) is 22.0. The van der Waals surface area contributed by atoms with Crippen molar-refractivity contribution in [1.29, 1.82) is 0 Å². The van der Waals surface area contributed by atoms with E-state index >= 15 is 0 Å². The van der Waals surface area contributed by atoms with Gasteiger partial charge in [0.15, 0.2) is 6.23 Å². The van der Waals surface area contributed by atoms with Crippen molar-refractivity contribution in [3.8, 4) is 5.75 Å². The lowest BCUT2D eigenvalue weighted by molar-refractivity contribution is -0.146. The van der Waals surface area contributed by atoms with Crippen molar-refractivity contribution in [3.05, 3.63) is 122 Å². The summed E-state index contributed by atoms with van der Waals surface area (Å²) in [4.78, 5) is 41.5. The molecule has 5 rings (SSSR count). The molecule has 0 aliphatic carbocycles. The molecule has 0 amide bonds. The number of aromatic amines is 1. The number of aliphatic hydroxyl groups is 2. The molecule has 17 heteroatoms. The van der Waals surface area contributed by atoms with Crippen LogP contribution in [0.15, 0.2) is 99.8 Å². The molecule has 4 aromatic rings. The number of rotatable bonds is 12. The van der Waals surface area contributed by atoms with Gasteiger partial charge in [-0.3, -0.25) is 23.7 Å². The molecular weight excluding hydrogens is 623 g/mol. The van der Waals surface area contributed by atoms with E-state index in [1.54, 1.807) is 60.7 Å². The Hall–Kier alpha value is -4.79. The first kappa shape index (κ1) is 32.6. The average molecular weight is 653 g/mol. The van der Waals surface area contributed by atoms with Gasteiger partial charge in [0.05, 0.1) is 6.61 Å². The number of ether oxygens (including phenoxy) is 2. The summed E-state index contributed by atoms with van der Waals surface area (Å²) in [7, 11) is -4.65. The molecule has 46 heavy (non-hydrogen) atoms. The number of nitrogens with one attached hydrogen (secondary N) is 2. The van der Waals surface area contributed by atoms with Crippen LogP contribution in [0.4, 0.5) is 0 Å². The van der Waals surface area contributed by atoms with Crippen LogP contribution in [0.5, 0.6) is 5.75 Å². The van der Waals surface area contributed by atoms with Crippen LogP contribution >= 0.6 is 7.75 Å². The summed E-state index contributed by atoms with van der Waals surface area (Å²) in [5, 5.41) is 29.0. The van der Waals surface area contributed by atoms with Crippen LogP contribution in [-0.4, -0.2) is 56.3 Å². The number of carbonyl (C=O) groups excluding carboxylic acids is 1. The maximum Gasteiger partial charge on any atom is 0.459 e. The number of hydrogen-bond donors (Lipinski definition) is 4. The van der Waals surface area contributed by atoms with Crippen LogP contribution in [0.3, 0.4) is 0 Å². The fraction of sp³-hybridized carbons (Fsp3) is 0.276. The van der Waals surface area contributed by atoms with Gasteiger partial charge in [0, 0.05) is 22.6 Å². The predicted octanol–water partition coefficient (Wildman–Crippen LogP) is 2.87. The molecule has 1 fully saturated rings. The molecule has 3 aromatic carbocycles. The average Bonchev–Trinajstić information content (AvgIpc) is 3.29. The summed E-state index contributed by atoms with van der Waals surface area (Å²) in [5.74, 6) is -0.703. The van der Waals surface area contributed by atoms with Gasteiger partial charge in [-0.05, 0) is 29.5 Å². The fourth-order valence-corrected chi connectivity index (χ4v) is 6.28. The second kappa shape index (κ2) is 13.7. The Morgan fingerprint density at radius 3 is 2.59 bits per heavy atom. The fourth-order valence-electron chi connectivity index (χ4n) is 4.74. The SMILES string of the molecule is C[C@@H](N[P@@](=O)(OC[C@@]1(N=[N+]=[N-])O[C@@H](n2ccc(=O)[nH]c2=O)[C@H](O)[C@@H]1O)Oc1cccc2ccccc12)C(=O)OCc1ccccc1. The molecule has 4 N–H and O–H groups in total. The standard InChI is InChI=1S/C29H29N6O10P/c1-18(27(39)42-16-19-8-3-2-4-9-19)32-46(41,45-22-13-7-11-20-10-5-6-12-21(20)22)43-17-29(33-34-30)25(38)24(37)26(44-29)35-15-14-23(36)31-28(35)40/h2-15,18,24-26,37-38H,16-17H2,1H3,(H,32,41)(H,31,36,40)/t18-,24-,25+,26-,29-,46-/m1/s1. The van der Waals surface area contributed by atoms with Gasteiger partial charge in [0.25, 0.3) is 5.56 Å². The Balaban J connectivity index is 1.43. The summed E-state index contributed by atoms with van der Waals surface area (Å²) >= 11 is 0. The third-order valence-electron chi connectivity index (χ3n) is 7.08. The minimum atomic E-state index is -4.65. The molecule has 1 aliphatic rings. The third-order valence-corrected chi connectivity index (χ3v) is 8.69. The number of aromatic nitrogens is 2. The van der Waals surface area contributed by atoms with E-state index in [0.29, 0.717) is 10.9 Å². The summed E-state index contributed by atoms with van der Waals surface area (Å²) in [6.45, 7) is 0.303. The highest BCUT2D eigenvalue weighted by Gasteiger charge is 2.56. The summed E-state index contributed by atoms with van der Waals surface area (Å²) in [5.41, 5.74) is 5.88. The molecule has 0 saturated carbocycles. The maximum atomic E-state index is 14.4. The van der Waals surface area contributed by atoms with Crippen LogP contribution in [0, 0.1) is 0 Å². The predicted molar refractivity (Wildman–Crippen MR) is 162 cm³/mol. The highest BCUT2D eigenvalue weighted by molar-refractivity contribution is 7.52. The number of nitrogens with zero attached hydrogens (tertiary/aromatic N) is 4. The lowest BCUT2D eigenvalue weighted by Crippen LogP contribution is -2.45. The van der Waals surface area contributed by atoms with Gasteiger partial charge in [-0.2, -0.15) is 5.09 Å². The van der Waals surface area contributed by atoms with E-state index in [4.69, 9.17) is 18.5 Å². The van der Waals surface area contributed by atoms with E-state index in [0.717, 1.165) is 22.2 Å². The molecule has 0 radical (unpaired) electrons. The van der Waals surface area contributed by atoms with Crippen molar-refractivity contribution in [2.75, 3.05) is 6.61 Å². The van der Waals surface area contributed by atoms with Crippen LogP contribution in [0.1, 0.15) is 18.7 Å². The van der Waals surface area contributed by atoms with Crippen LogP contribution < -0.4 is 20.9 Å². The van der Waals surface area contributed by atoms with E-state index in [9.17, 15) is 34.7 Å². The number of H-pyrrole nitrogens is 1. The van der Waals surface area contributed by atoms with Gasteiger partial charge in [-0.15, -0.1) is 0 Å². The minimum absolute atomic E-state index is 0.0650. The maximum absolute atomic E-state index is 14.4. The van der Waals surface area contributed by atoms with Crippen LogP contribution in [-0.2, 0) is 30.0 Å². The van der Waals surface area contributed by atoms with Gasteiger partial charge in [-0.25, -0.2) is 9.36 Å². The van der Waals surface area contributed by atoms with E-state index < -0.39 is 61.8 Å². The monoisotopic (exact) mass is 652 g/mol. The number of aliphatic hydroxyl groups excluding tert-OH is 2.